The smallest absolute Gasteiger partial charge is 0.214 e. The highest BCUT2D eigenvalue weighted by atomic mass is 16.5. The van der Waals surface area contributed by atoms with Crippen LogP contribution in [0.4, 0.5) is 0 Å². The summed E-state index contributed by atoms with van der Waals surface area (Å²) in [4.78, 5) is 4.46. The minimum Gasteiger partial charge on any atom is -0.478 e. The molecule has 104 valence electrons. The number of oxime groups is 1. The molecule has 3 rings (SSSR count). The Morgan fingerprint density at radius 2 is 2.20 bits per heavy atom. The maximum Gasteiger partial charge on any atom is 0.214 e. The van der Waals surface area contributed by atoms with Crippen LogP contribution >= 0.6 is 0 Å². The van der Waals surface area contributed by atoms with Gasteiger partial charge in [0.15, 0.2) is 5.84 Å². The summed E-state index contributed by atoms with van der Waals surface area (Å²) in [5.74, 6) is 1.40. The van der Waals surface area contributed by atoms with Crippen molar-refractivity contribution in [2.75, 3.05) is 6.61 Å². The van der Waals surface area contributed by atoms with Crippen molar-refractivity contribution in [2.24, 2.45) is 16.8 Å². The molecule has 0 amide bonds. The van der Waals surface area contributed by atoms with Gasteiger partial charge in [0, 0.05) is 17.0 Å². The molecule has 0 unspecified atom stereocenters. The van der Waals surface area contributed by atoms with Gasteiger partial charge in [0.1, 0.15) is 0 Å². The van der Waals surface area contributed by atoms with Crippen LogP contribution in [0.5, 0.6) is 5.88 Å². The Morgan fingerprint density at radius 1 is 1.40 bits per heavy atom. The molecule has 2 aromatic rings. The monoisotopic (exact) mass is 271 g/mol. The standard InChI is InChI=1S/C15H17N3O2/c16-15(18-19)12-9-14(20-8-7-10-5-6-10)17-13-4-2-1-3-11(12)13/h1-4,9-10,19H,5-8H2,(H2,16,18). The fourth-order valence-corrected chi connectivity index (χ4v) is 2.23. The number of ether oxygens (including phenoxy) is 1. The Hall–Kier alpha value is -2.30. The normalized spacial score (nSPS) is 15.5. The SMILES string of the molecule is N/C(=N/O)c1cc(OCCC2CC2)nc2ccccc12. The topological polar surface area (TPSA) is 80.7 Å². The number of benzene rings is 1. The average Bonchev–Trinajstić information content (AvgIpc) is 3.30. The predicted molar refractivity (Wildman–Crippen MR) is 77.1 cm³/mol. The Morgan fingerprint density at radius 3 is 2.95 bits per heavy atom. The first-order valence-electron chi connectivity index (χ1n) is 6.78. The first kappa shape index (κ1) is 12.7. The molecule has 1 aliphatic carbocycles. The molecule has 5 nitrogen and oxygen atoms in total. The summed E-state index contributed by atoms with van der Waals surface area (Å²) < 4.78 is 5.70. The van der Waals surface area contributed by atoms with Crippen LogP contribution in [0, 0.1) is 5.92 Å². The van der Waals surface area contributed by atoms with Gasteiger partial charge in [-0.1, -0.05) is 36.2 Å². The number of para-hydroxylation sites is 1. The van der Waals surface area contributed by atoms with Gasteiger partial charge in [-0.05, 0) is 18.4 Å². The zero-order valence-electron chi connectivity index (χ0n) is 11.1. The molecular formula is C15H17N3O2. The van der Waals surface area contributed by atoms with Crippen LogP contribution in [0.15, 0.2) is 35.5 Å². The molecule has 0 radical (unpaired) electrons. The van der Waals surface area contributed by atoms with Crippen LogP contribution in [0.3, 0.4) is 0 Å². The molecule has 1 aromatic heterocycles. The van der Waals surface area contributed by atoms with Crippen LogP contribution in [0.25, 0.3) is 10.9 Å². The molecule has 1 fully saturated rings. The summed E-state index contributed by atoms with van der Waals surface area (Å²) in [5, 5.41) is 12.8. The van der Waals surface area contributed by atoms with E-state index in [4.69, 9.17) is 15.7 Å². The van der Waals surface area contributed by atoms with E-state index in [-0.39, 0.29) is 5.84 Å². The number of amidine groups is 1. The van der Waals surface area contributed by atoms with Gasteiger partial charge in [0.25, 0.3) is 0 Å². The molecular weight excluding hydrogens is 254 g/mol. The molecule has 0 saturated heterocycles. The lowest BCUT2D eigenvalue weighted by atomic mass is 10.1. The first-order valence-corrected chi connectivity index (χ1v) is 6.78. The minimum absolute atomic E-state index is 0.0654. The second-order valence-corrected chi connectivity index (χ2v) is 5.09. The van der Waals surface area contributed by atoms with Gasteiger partial charge >= 0.3 is 0 Å². The molecule has 5 heteroatoms. The summed E-state index contributed by atoms with van der Waals surface area (Å²) in [6.45, 7) is 0.658. The largest absolute Gasteiger partial charge is 0.478 e. The summed E-state index contributed by atoms with van der Waals surface area (Å²) in [7, 11) is 0. The number of nitrogens with two attached hydrogens (primary N) is 1. The van der Waals surface area contributed by atoms with Crippen molar-refractivity contribution < 1.29 is 9.94 Å². The first-order chi connectivity index (χ1) is 9.78. The van der Waals surface area contributed by atoms with Crippen molar-refractivity contribution in [3.63, 3.8) is 0 Å². The molecule has 0 bridgehead atoms. The average molecular weight is 271 g/mol. The van der Waals surface area contributed by atoms with Gasteiger partial charge in [-0.15, -0.1) is 0 Å². The molecule has 0 aliphatic heterocycles. The Labute approximate surface area is 117 Å². The van der Waals surface area contributed by atoms with Crippen LogP contribution in [-0.4, -0.2) is 22.6 Å². The fourth-order valence-electron chi connectivity index (χ4n) is 2.23. The fraction of sp³-hybridized carbons (Fsp3) is 0.333. The van der Waals surface area contributed by atoms with E-state index in [0.717, 1.165) is 23.2 Å². The summed E-state index contributed by atoms with van der Waals surface area (Å²) >= 11 is 0. The maximum atomic E-state index is 8.90. The third kappa shape index (κ3) is 2.66. The number of aromatic nitrogens is 1. The molecule has 20 heavy (non-hydrogen) atoms. The number of hydrogen-bond acceptors (Lipinski definition) is 4. The van der Waals surface area contributed by atoms with Crippen molar-refractivity contribution in [1.82, 2.24) is 4.98 Å². The van der Waals surface area contributed by atoms with Crippen LogP contribution < -0.4 is 10.5 Å². The van der Waals surface area contributed by atoms with Gasteiger partial charge in [-0.2, -0.15) is 0 Å². The highest BCUT2D eigenvalue weighted by Crippen LogP contribution is 2.32. The third-order valence-electron chi connectivity index (χ3n) is 3.55. The molecule has 1 saturated carbocycles. The van der Waals surface area contributed by atoms with Gasteiger partial charge in [0.2, 0.25) is 5.88 Å². The molecule has 1 heterocycles. The van der Waals surface area contributed by atoms with E-state index in [1.54, 1.807) is 6.07 Å². The number of fused-ring (bicyclic) bond motifs is 1. The molecule has 0 atom stereocenters. The van der Waals surface area contributed by atoms with E-state index in [1.807, 2.05) is 24.3 Å². The van der Waals surface area contributed by atoms with Crippen molar-refractivity contribution in [2.45, 2.75) is 19.3 Å². The molecule has 1 aromatic carbocycles. The summed E-state index contributed by atoms with van der Waals surface area (Å²) in [5.41, 5.74) is 7.15. The van der Waals surface area contributed by atoms with E-state index in [2.05, 4.69) is 10.1 Å². The van der Waals surface area contributed by atoms with Gasteiger partial charge < -0.3 is 15.7 Å². The molecule has 1 aliphatic rings. The highest BCUT2D eigenvalue weighted by Gasteiger charge is 2.21. The summed E-state index contributed by atoms with van der Waals surface area (Å²) in [6, 6.07) is 9.30. The second kappa shape index (κ2) is 5.36. The molecule has 0 spiro atoms. The van der Waals surface area contributed by atoms with E-state index >= 15 is 0 Å². The lowest BCUT2D eigenvalue weighted by molar-refractivity contribution is 0.292. The third-order valence-corrected chi connectivity index (χ3v) is 3.55. The van der Waals surface area contributed by atoms with E-state index < -0.39 is 0 Å². The highest BCUT2D eigenvalue weighted by molar-refractivity contribution is 6.08. The maximum absolute atomic E-state index is 8.90. The number of rotatable bonds is 5. The lowest BCUT2D eigenvalue weighted by Crippen LogP contribution is -2.14. The molecule has 3 N–H and O–H groups in total. The lowest BCUT2D eigenvalue weighted by Gasteiger charge is -2.09. The number of pyridine rings is 1. The van der Waals surface area contributed by atoms with Crippen molar-refractivity contribution in [1.29, 1.82) is 0 Å². The van der Waals surface area contributed by atoms with Gasteiger partial charge in [-0.3, -0.25) is 0 Å². The zero-order valence-corrected chi connectivity index (χ0v) is 11.1. The van der Waals surface area contributed by atoms with E-state index in [0.29, 0.717) is 18.1 Å². The van der Waals surface area contributed by atoms with Crippen molar-refractivity contribution >= 4 is 16.7 Å². The van der Waals surface area contributed by atoms with Gasteiger partial charge in [0.05, 0.1) is 12.1 Å². The van der Waals surface area contributed by atoms with Crippen molar-refractivity contribution in [3.8, 4) is 5.88 Å². The Bertz CT molecular complexity index is 651. The van der Waals surface area contributed by atoms with Crippen LogP contribution in [-0.2, 0) is 0 Å². The van der Waals surface area contributed by atoms with Crippen LogP contribution in [0.2, 0.25) is 0 Å². The predicted octanol–water partition coefficient (Wildman–Crippen LogP) is 2.51. The van der Waals surface area contributed by atoms with Crippen LogP contribution in [0.1, 0.15) is 24.8 Å². The number of hydrogen-bond donors (Lipinski definition) is 2. The van der Waals surface area contributed by atoms with E-state index in [9.17, 15) is 0 Å². The van der Waals surface area contributed by atoms with Crippen molar-refractivity contribution in [3.05, 3.63) is 35.9 Å². The summed E-state index contributed by atoms with van der Waals surface area (Å²) in [6.07, 6.45) is 3.68. The second-order valence-electron chi connectivity index (χ2n) is 5.09. The number of nitrogens with zero attached hydrogens (tertiary/aromatic N) is 2. The minimum atomic E-state index is 0.0654. The Kier molecular flexibility index (Phi) is 3.41. The Balaban J connectivity index is 1.91. The quantitative estimate of drug-likeness (QED) is 0.379. The van der Waals surface area contributed by atoms with Gasteiger partial charge in [-0.25, -0.2) is 4.98 Å². The zero-order chi connectivity index (χ0) is 13.9. The van der Waals surface area contributed by atoms with E-state index in [1.165, 1.54) is 12.8 Å².